The maximum atomic E-state index is 13.1. The second-order valence-electron chi connectivity index (χ2n) is 7.22. The number of carbonyl (C=O) groups excluding carboxylic acids is 2. The molecule has 0 spiro atoms. The summed E-state index contributed by atoms with van der Waals surface area (Å²) in [5.74, 6) is -1.32. The minimum Gasteiger partial charge on any atom is -0.367 e. The van der Waals surface area contributed by atoms with Crippen molar-refractivity contribution in [3.8, 4) is 0 Å². The molecule has 3 aliphatic heterocycles. The molecule has 2 bridgehead atoms. The minimum absolute atomic E-state index is 0.220. The first-order valence-electron chi connectivity index (χ1n) is 7.84. The molecular formula is C16H14BrN3O4. The Bertz CT molecular complexity index is 893. The van der Waals surface area contributed by atoms with E-state index in [0.717, 1.165) is 12.8 Å². The molecule has 3 aliphatic rings. The van der Waals surface area contributed by atoms with Gasteiger partial charge in [0.25, 0.3) is 0 Å². The molecule has 0 aliphatic carbocycles. The van der Waals surface area contributed by atoms with E-state index in [1.165, 1.54) is 4.90 Å². The van der Waals surface area contributed by atoms with E-state index in [9.17, 15) is 9.59 Å². The summed E-state index contributed by atoms with van der Waals surface area (Å²) in [5, 5.41) is 7.72. The Morgan fingerprint density at radius 2 is 1.67 bits per heavy atom. The summed E-state index contributed by atoms with van der Waals surface area (Å²) in [4.78, 5) is 27.5. The van der Waals surface area contributed by atoms with Crippen molar-refractivity contribution >= 4 is 44.5 Å². The van der Waals surface area contributed by atoms with Gasteiger partial charge in [0, 0.05) is 4.47 Å². The predicted octanol–water partition coefficient (Wildman–Crippen LogP) is 2.43. The molecule has 124 valence electrons. The Labute approximate surface area is 145 Å². The Hall–Kier alpha value is -1.80. The third-order valence-electron chi connectivity index (χ3n) is 5.79. The monoisotopic (exact) mass is 391 g/mol. The molecule has 2 aromatic rings. The van der Waals surface area contributed by atoms with Crippen molar-refractivity contribution in [2.75, 3.05) is 4.90 Å². The van der Waals surface area contributed by atoms with Gasteiger partial charge < -0.3 is 4.74 Å². The van der Waals surface area contributed by atoms with Gasteiger partial charge in [-0.05, 0) is 65.1 Å². The molecule has 1 aromatic heterocycles. The van der Waals surface area contributed by atoms with Gasteiger partial charge >= 0.3 is 0 Å². The summed E-state index contributed by atoms with van der Waals surface area (Å²) in [6.45, 7) is 3.87. The van der Waals surface area contributed by atoms with Gasteiger partial charge in [-0.15, -0.1) is 0 Å². The van der Waals surface area contributed by atoms with Gasteiger partial charge in [0.2, 0.25) is 11.8 Å². The predicted molar refractivity (Wildman–Crippen MR) is 86.1 cm³/mol. The normalized spacial score (nSPS) is 37.7. The van der Waals surface area contributed by atoms with Crippen LogP contribution in [0.25, 0.3) is 11.0 Å². The highest BCUT2D eigenvalue weighted by Gasteiger charge is 2.72. The number of hydrogen-bond acceptors (Lipinski definition) is 6. The number of rotatable bonds is 1. The van der Waals surface area contributed by atoms with Crippen molar-refractivity contribution in [1.82, 2.24) is 10.3 Å². The van der Waals surface area contributed by atoms with Crippen molar-refractivity contribution in [2.24, 2.45) is 11.8 Å². The van der Waals surface area contributed by atoms with Crippen LogP contribution in [0, 0.1) is 11.8 Å². The molecule has 1 aromatic carbocycles. The average molecular weight is 392 g/mol. The topological polar surface area (TPSA) is 85.5 Å². The number of aromatic nitrogens is 2. The van der Waals surface area contributed by atoms with Crippen LogP contribution in [-0.2, 0) is 14.3 Å². The molecule has 4 atom stereocenters. The molecule has 0 N–H and O–H groups in total. The van der Waals surface area contributed by atoms with Gasteiger partial charge in [0.1, 0.15) is 0 Å². The number of halogens is 1. The molecule has 3 saturated heterocycles. The summed E-state index contributed by atoms with van der Waals surface area (Å²) in [5.41, 5.74) is 0.163. The molecule has 4 heterocycles. The smallest absolute Gasteiger partial charge is 0.240 e. The molecule has 5 rings (SSSR count). The first-order chi connectivity index (χ1) is 11.4. The van der Waals surface area contributed by atoms with E-state index in [1.807, 2.05) is 13.8 Å². The summed E-state index contributed by atoms with van der Waals surface area (Å²) >= 11 is 3.37. The Morgan fingerprint density at radius 1 is 1.08 bits per heavy atom. The van der Waals surface area contributed by atoms with Crippen LogP contribution in [-0.4, -0.2) is 33.3 Å². The fourth-order valence-electron chi connectivity index (χ4n) is 4.71. The highest BCUT2D eigenvalue weighted by molar-refractivity contribution is 9.10. The second kappa shape index (κ2) is 4.23. The number of amides is 2. The molecule has 0 saturated carbocycles. The second-order valence-corrected chi connectivity index (χ2v) is 8.08. The maximum Gasteiger partial charge on any atom is 0.240 e. The highest BCUT2D eigenvalue weighted by Crippen LogP contribution is 2.61. The van der Waals surface area contributed by atoms with E-state index >= 15 is 0 Å². The quantitative estimate of drug-likeness (QED) is 0.693. The Kier molecular flexibility index (Phi) is 2.56. The van der Waals surface area contributed by atoms with Gasteiger partial charge in [-0.2, -0.15) is 0 Å². The number of anilines is 1. The van der Waals surface area contributed by atoms with Crippen LogP contribution in [0.3, 0.4) is 0 Å². The van der Waals surface area contributed by atoms with E-state index < -0.39 is 23.0 Å². The number of ether oxygens (including phenoxy) is 1. The van der Waals surface area contributed by atoms with Gasteiger partial charge in [-0.3, -0.25) is 9.59 Å². The van der Waals surface area contributed by atoms with Crippen LogP contribution in [0.15, 0.2) is 21.2 Å². The van der Waals surface area contributed by atoms with Crippen LogP contribution in [0.5, 0.6) is 0 Å². The third-order valence-corrected chi connectivity index (χ3v) is 6.43. The summed E-state index contributed by atoms with van der Waals surface area (Å²) < 4.78 is 11.6. The summed E-state index contributed by atoms with van der Waals surface area (Å²) in [7, 11) is 0. The van der Waals surface area contributed by atoms with Gasteiger partial charge in [-0.25, -0.2) is 9.53 Å². The van der Waals surface area contributed by atoms with Crippen molar-refractivity contribution in [3.05, 3.63) is 16.6 Å². The lowest BCUT2D eigenvalue weighted by Gasteiger charge is -2.27. The van der Waals surface area contributed by atoms with E-state index in [1.54, 1.807) is 12.1 Å². The van der Waals surface area contributed by atoms with E-state index in [2.05, 4.69) is 26.2 Å². The number of imide groups is 1. The van der Waals surface area contributed by atoms with E-state index in [-0.39, 0.29) is 11.8 Å². The van der Waals surface area contributed by atoms with Crippen LogP contribution >= 0.6 is 15.9 Å². The zero-order valence-corrected chi connectivity index (χ0v) is 14.7. The SMILES string of the molecule is CC12CCC(C)(O1)C1C(=O)N(c3ccc(Br)c4nonc34)C(=O)C12. The van der Waals surface area contributed by atoms with Gasteiger partial charge in [0.05, 0.1) is 28.7 Å². The molecule has 24 heavy (non-hydrogen) atoms. The highest BCUT2D eigenvalue weighted by atomic mass is 79.9. The number of hydrogen-bond donors (Lipinski definition) is 0. The maximum absolute atomic E-state index is 13.1. The molecular weight excluding hydrogens is 378 g/mol. The van der Waals surface area contributed by atoms with Crippen molar-refractivity contribution in [2.45, 2.75) is 37.9 Å². The van der Waals surface area contributed by atoms with Gasteiger partial charge in [-0.1, -0.05) is 0 Å². The zero-order valence-electron chi connectivity index (χ0n) is 13.1. The minimum atomic E-state index is -0.572. The first-order valence-corrected chi connectivity index (χ1v) is 8.64. The number of benzene rings is 1. The lowest BCUT2D eigenvalue weighted by Crippen LogP contribution is -2.40. The molecule has 3 fully saturated rings. The molecule has 4 unspecified atom stereocenters. The van der Waals surface area contributed by atoms with E-state index in [4.69, 9.17) is 9.37 Å². The Morgan fingerprint density at radius 3 is 2.29 bits per heavy atom. The average Bonchev–Trinajstić information content (AvgIpc) is 3.23. The summed E-state index contributed by atoms with van der Waals surface area (Å²) in [6, 6.07) is 3.44. The number of carbonyl (C=O) groups is 2. The number of nitrogens with zero attached hydrogens (tertiary/aromatic N) is 3. The van der Waals surface area contributed by atoms with Crippen molar-refractivity contribution < 1.29 is 19.0 Å². The van der Waals surface area contributed by atoms with Crippen LogP contribution in [0.2, 0.25) is 0 Å². The Balaban J connectivity index is 1.68. The molecule has 0 radical (unpaired) electrons. The van der Waals surface area contributed by atoms with Crippen molar-refractivity contribution in [3.63, 3.8) is 0 Å². The van der Waals surface area contributed by atoms with E-state index in [0.29, 0.717) is 21.2 Å². The van der Waals surface area contributed by atoms with Crippen LogP contribution < -0.4 is 4.90 Å². The first kappa shape index (κ1) is 14.5. The summed E-state index contributed by atoms with van der Waals surface area (Å²) in [6.07, 6.45) is 1.58. The number of fused-ring (bicyclic) bond motifs is 6. The molecule has 2 amide bonds. The largest absolute Gasteiger partial charge is 0.367 e. The van der Waals surface area contributed by atoms with Crippen LogP contribution in [0.4, 0.5) is 5.69 Å². The fourth-order valence-corrected chi connectivity index (χ4v) is 5.10. The van der Waals surface area contributed by atoms with Crippen molar-refractivity contribution in [1.29, 1.82) is 0 Å². The standard InChI is InChI=1S/C16H14BrN3O4/c1-15-5-6-16(2,23-15)10-9(15)13(21)20(14(10)22)8-4-3-7(17)11-12(8)19-24-18-11/h3-4,9-10H,5-6H2,1-2H3. The third kappa shape index (κ3) is 1.51. The van der Waals surface area contributed by atoms with Gasteiger partial charge in [0.15, 0.2) is 11.0 Å². The fraction of sp³-hybridized carbons (Fsp3) is 0.500. The molecule has 7 nitrogen and oxygen atoms in total. The van der Waals surface area contributed by atoms with Crippen LogP contribution in [0.1, 0.15) is 26.7 Å². The molecule has 8 heteroatoms. The lowest BCUT2D eigenvalue weighted by atomic mass is 9.69. The lowest BCUT2D eigenvalue weighted by molar-refractivity contribution is -0.129. The zero-order chi connectivity index (χ0) is 16.9.